The first-order valence-electron chi connectivity index (χ1n) is 8.29. The fourth-order valence-electron chi connectivity index (χ4n) is 3.56. The highest BCUT2D eigenvalue weighted by molar-refractivity contribution is 7.89. The number of benzene rings is 1. The van der Waals surface area contributed by atoms with Gasteiger partial charge in [-0.15, -0.1) is 0 Å². The van der Waals surface area contributed by atoms with E-state index in [0.29, 0.717) is 17.9 Å². The van der Waals surface area contributed by atoms with Crippen molar-refractivity contribution in [2.24, 2.45) is 5.92 Å². The van der Waals surface area contributed by atoms with Crippen molar-refractivity contribution in [2.75, 3.05) is 6.54 Å². The first kappa shape index (κ1) is 16.5. The van der Waals surface area contributed by atoms with Gasteiger partial charge in [0, 0.05) is 12.6 Å². The maximum Gasteiger partial charge on any atom is 0.307 e. The summed E-state index contributed by atoms with van der Waals surface area (Å²) in [5, 5.41) is 8.99. The van der Waals surface area contributed by atoms with Gasteiger partial charge in [0.1, 0.15) is 0 Å². The van der Waals surface area contributed by atoms with Crippen molar-refractivity contribution in [1.82, 2.24) is 4.31 Å². The Kier molecular flexibility index (Phi) is 4.47. The number of carboxylic acid groups (broad SMARTS) is 1. The predicted molar refractivity (Wildman–Crippen MR) is 86.7 cm³/mol. The van der Waals surface area contributed by atoms with Crippen molar-refractivity contribution >= 4 is 16.0 Å². The summed E-state index contributed by atoms with van der Waals surface area (Å²) in [4.78, 5) is 11.3. The van der Waals surface area contributed by atoms with Gasteiger partial charge in [-0.2, -0.15) is 4.31 Å². The number of aliphatic carboxylic acids is 1. The molecule has 1 aliphatic carbocycles. The van der Waals surface area contributed by atoms with Crippen LogP contribution in [0.1, 0.15) is 50.5 Å². The Morgan fingerprint density at radius 1 is 1.26 bits per heavy atom. The van der Waals surface area contributed by atoms with Crippen molar-refractivity contribution in [3.63, 3.8) is 0 Å². The van der Waals surface area contributed by atoms with Crippen LogP contribution in [-0.2, 0) is 14.8 Å². The van der Waals surface area contributed by atoms with Gasteiger partial charge in [0.25, 0.3) is 0 Å². The summed E-state index contributed by atoms with van der Waals surface area (Å²) in [6.07, 6.45) is 4.40. The molecule has 5 nitrogen and oxygen atoms in total. The molecule has 1 N–H and O–H groups in total. The van der Waals surface area contributed by atoms with E-state index in [1.54, 1.807) is 28.6 Å². The van der Waals surface area contributed by atoms with Gasteiger partial charge in [-0.3, -0.25) is 4.79 Å². The predicted octanol–water partition coefficient (Wildman–Crippen LogP) is 2.83. The van der Waals surface area contributed by atoms with Gasteiger partial charge in [-0.05, 0) is 49.3 Å². The van der Waals surface area contributed by atoms with E-state index in [9.17, 15) is 13.2 Å². The van der Waals surface area contributed by atoms with Gasteiger partial charge in [-0.25, -0.2) is 8.42 Å². The fourth-order valence-corrected chi connectivity index (χ4v) is 5.32. The quantitative estimate of drug-likeness (QED) is 0.896. The third-order valence-corrected chi connectivity index (χ3v) is 7.03. The number of nitrogens with zero attached hydrogens (tertiary/aromatic N) is 1. The van der Waals surface area contributed by atoms with E-state index >= 15 is 0 Å². The van der Waals surface area contributed by atoms with E-state index in [1.807, 2.05) is 6.92 Å². The highest BCUT2D eigenvalue weighted by Gasteiger charge is 2.44. The highest BCUT2D eigenvalue weighted by Crippen LogP contribution is 2.47. The van der Waals surface area contributed by atoms with Crippen LogP contribution in [0.3, 0.4) is 0 Å². The second-order valence-electron chi connectivity index (χ2n) is 6.53. The van der Waals surface area contributed by atoms with Gasteiger partial charge < -0.3 is 5.11 Å². The van der Waals surface area contributed by atoms with E-state index in [0.717, 1.165) is 31.2 Å². The van der Waals surface area contributed by atoms with Gasteiger partial charge in [0.2, 0.25) is 10.0 Å². The van der Waals surface area contributed by atoms with E-state index in [1.165, 1.54) is 0 Å². The Hall–Kier alpha value is -1.40. The standard InChI is InChI=1S/C17H23NO4S/c1-2-13-5-3-4-10-18(13)23(21,22)14-8-6-12(7-9-14)15-11-16(15)17(19)20/h6-9,13,15-16H,2-5,10-11H2,1H3,(H,19,20). The Labute approximate surface area is 137 Å². The van der Waals surface area contributed by atoms with Crippen LogP contribution in [0, 0.1) is 5.92 Å². The maximum absolute atomic E-state index is 12.9. The fraction of sp³-hybridized carbons (Fsp3) is 0.588. The summed E-state index contributed by atoms with van der Waals surface area (Å²) < 4.78 is 27.4. The highest BCUT2D eigenvalue weighted by atomic mass is 32.2. The molecule has 2 aliphatic rings. The molecule has 1 saturated carbocycles. The molecule has 3 unspecified atom stereocenters. The molecule has 0 bridgehead atoms. The van der Waals surface area contributed by atoms with E-state index in [4.69, 9.17) is 5.11 Å². The molecule has 1 heterocycles. The van der Waals surface area contributed by atoms with Crippen molar-refractivity contribution in [3.05, 3.63) is 29.8 Å². The number of carbonyl (C=O) groups is 1. The normalized spacial score (nSPS) is 28.5. The molecule has 2 fully saturated rings. The van der Waals surface area contributed by atoms with Crippen LogP contribution >= 0.6 is 0 Å². The molecule has 1 aromatic rings. The van der Waals surface area contributed by atoms with Crippen molar-refractivity contribution in [2.45, 2.75) is 55.9 Å². The van der Waals surface area contributed by atoms with Crippen LogP contribution in [0.5, 0.6) is 0 Å². The van der Waals surface area contributed by atoms with Crippen molar-refractivity contribution in [3.8, 4) is 0 Å². The zero-order chi connectivity index (χ0) is 16.6. The molecule has 1 saturated heterocycles. The van der Waals surface area contributed by atoms with Crippen LogP contribution in [0.4, 0.5) is 0 Å². The lowest BCUT2D eigenvalue weighted by atomic mass is 10.0. The van der Waals surface area contributed by atoms with E-state index in [-0.39, 0.29) is 17.9 Å². The molecular weight excluding hydrogens is 314 g/mol. The average molecular weight is 337 g/mol. The molecule has 3 rings (SSSR count). The van der Waals surface area contributed by atoms with Crippen LogP contribution < -0.4 is 0 Å². The van der Waals surface area contributed by atoms with Gasteiger partial charge in [0.15, 0.2) is 0 Å². The lowest BCUT2D eigenvalue weighted by molar-refractivity contribution is -0.138. The summed E-state index contributed by atoms with van der Waals surface area (Å²) in [7, 11) is -3.46. The van der Waals surface area contributed by atoms with Crippen LogP contribution in [-0.4, -0.2) is 36.4 Å². The van der Waals surface area contributed by atoms with Crippen LogP contribution in [0.25, 0.3) is 0 Å². The summed E-state index contributed by atoms with van der Waals surface area (Å²) in [6, 6.07) is 6.89. The smallest absolute Gasteiger partial charge is 0.307 e. The maximum atomic E-state index is 12.9. The zero-order valence-electron chi connectivity index (χ0n) is 13.3. The Morgan fingerprint density at radius 2 is 1.96 bits per heavy atom. The van der Waals surface area contributed by atoms with Crippen LogP contribution in [0.15, 0.2) is 29.2 Å². The Morgan fingerprint density at radius 3 is 2.52 bits per heavy atom. The minimum atomic E-state index is -3.46. The number of piperidine rings is 1. The SMILES string of the molecule is CCC1CCCCN1S(=O)(=O)c1ccc(C2CC2C(=O)O)cc1. The number of rotatable bonds is 5. The molecule has 0 amide bonds. The first-order chi connectivity index (χ1) is 10.9. The summed E-state index contributed by atoms with van der Waals surface area (Å²) >= 11 is 0. The first-order valence-corrected chi connectivity index (χ1v) is 9.73. The van der Waals surface area contributed by atoms with E-state index < -0.39 is 16.0 Å². The topological polar surface area (TPSA) is 74.7 Å². The zero-order valence-corrected chi connectivity index (χ0v) is 14.1. The lowest BCUT2D eigenvalue weighted by Crippen LogP contribution is -2.43. The molecule has 1 aromatic carbocycles. The summed E-state index contributed by atoms with van der Waals surface area (Å²) in [6.45, 7) is 2.62. The third-order valence-electron chi connectivity index (χ3n) is 5.07. The molecule has 6 heteroatoms. The largest absolute Gasteiger partial charge is 0.481 e. The Balaban J connectivity index is 1.79. The molecule has 126 valence electrons. The van der Waals surface area contributed by atoms with Crippen LogP contribution in [0.2, 0.25) is 0 Å². The number of carboxylic acids is 1. The lowest BCUT2D eigenvalue weighted by Gasteiger charge is -2.34. The number of sulfonamides is 1. The summed E-state index contributed by atoms with van der Waals surface area (Å²) in [5.74, 6) is -1.06. The average Bonchev–Trinajstić information content (AvgIpc) is 3.36. The molecule has 1 aliphatic heterocycles. The Bertz CT molecular complexity index is 683. The number of hydrogen-bond donors (Lipinski definition) is 1. The molecule has 0 aromatic heterocycles. The van der Waals surface area contributed by atoms with Crippen molar-refractivity contribution in [1.29, 1.82) is 0 Å². The minimum absolute atomic E-state index is 0.0302. The second-order valence-corrected chi connectivity index (χ2v) is 8.42. The van der Waals surface area contributed by atoms with Crippen molar-refractivity contribution < 1.29 is 18.3 Å². The molecule has 0 radical (unpaired) electrons. The molecular formula is C17H23NO4S. The third kappa shape index (κ3) is 3.15. The minimum Gasteiger partial charge on any atom is -0.481 e. The second kappa shape index (κ2) is 6.24. The molecule has 0 spiro atoms. The number of hydrogen-bond acceptors (Lipinski definition) is 3. The van der Waals surface area contributed by atoms with Gasteiger partial charge in [-0.1, -0.05) is 25.5 Å². The molecule has 23 heavy (non-hydrogen) atoms. The monoisotopic (exact) mass is 337 g/mol. The van der Waals surface area contributed by atoms with E-state index in [2.05, 4.69) is 0 Å². The summed E-state index contributed by atoms with van der Waals surface area (Å²) in [5.41, 5.74) is 0.919. The molecule has 3 atom stereocenters. The van der Waals surface area contributed by atoms with Gasteiger partial charge in [0.05, 0.1) is 10.8 Å². The van der Waals surface area contributed by atoms with Gasteiger partial charge >= 0.3 is 5.97 Å².